The Balaban J connectivity index is 2.14. The molecule has 0 aromatic rings. The maximum atomic E-state index is 11.1. The van der Waals surface area contributed by atoms with Crippen molar-refractivity contribution < 1.29 is 4.21 Å². The summed E-state index contributed by atoms with van der Waals surface area (Å²) in [6.07, 6.45) is 6.29. The second kappa shape index (κ2) is 6.17. The number of hydrogen-bond acceptors (Lipinski definition) is 3. The molecule has 0 aromatic carbocycles. The molecule has 4 heteroatoms. The van der Waals surface area contributed by atoms with Gasteiger partial charge in [-0.2, -0.15) is 0 Å². The third-order valence-electron chi connectivity index (χ3n) is 2.57. The summed E-state index contributed by atoms with van der Waals surface area (Å²) in [6.45, 7) is 3.90. The van der Waals surface area contributed by atoms with Crippen molar-refractivity contribution in [2.75, 3.05) is 19.3 Å². The molecular weight excluding hydrogens is 196 g/mol. The summed E-state index contributed by atoms with van der Waals surface area (Å²) < 4.78 is 11.1. The smallest absolute Gasteiger partial charge is 0.0963 e. The van der Waals surface area contributed by atoms with Crippen LogP contribution in [-0.2, 0) is 10.8 Å². The van der Waals surface area contributed by atoms with Crippen LogP contribution >= 0.6 is 0 Å². The van der Waals surface area contributed by atoms with Gasteiger partial charge >= 0.3 is 0 Å². The first-order valence-electron chi connectivity index (χ1n) is 5.29. The van der Waals surface area contributed by atoms with E-state index in [0.29, 0.717) is 0 Å². The highest BCUT2D eigenvalue weighted by Crippen LogP contribution is 2.04. The predicted molar refractivity (Wildman–Crippen MR) is 62.3 cm³/mol. The standard InChI is InChI=1S/C10H20N2OS/c1-9(14(2)13)6-8-12-10-5-3-4-7-11-10/h9H,3-8H2,1-2H3,(H,11,12). The zero-order valence-corrected chi connectivity index (χ0v) is 9.90. The maximum Gasteiger partial charge on any atom is 0.0963 e. The monoisotopic (exact) mass is 216 g/mol. The molecule has 2 atom stereocenters. The van der Waals surface area contributed by atoms with Crippen LogP contribution in [0.15, 0.2) is 4.99 Å². The SMILES string of the molecule is CC(CCNC1=NCCCC1)S(C)=O. The number of hydrogen-bond donors (Lipinski definition) is 1. The van der Waals surface area contributed by atoms with Gasteiger partial charge in [0.15, 0.2) is 0 Å². The van der Waals surface area contributed by atoms with Gasteiger partial charge in [0, 0.05) is 41.8 Å². The van der Waals surface area contributed by atoms with Crippen molar-refractivity contribution in [3.8, 4) is 0 Å². The second-order valence-corrected chi connectivity index (χ2v) is 5.61. The number of amidine groups is 1. The van der Waals surface area contributed by atoms with E-state index in [2.05, 4.69) is 10.3 Å². The van der Waals surface area contributed by atoms with E-state index in [1.807, 2.05) is 6.92 Å². The highest BCUT2D eigenvalue weighted by molar-refractivity contribution is 7.84. The molecule has 1 aliphatic rings. The van der Waals surface area contributed by atoms with Gasteiger partial charge in [0.25, 0.3) is 0 Å². The predicted octanol–water partition coefficient (Wildman–Crippen LogP) is 1.32. The highest BCUT2D eigenvalue weighted by Gasteiger charge is 2.07. The third-order valence-corrected chi connectivity index (χ3v) is 3.94. The van der Waals surface area contributed by atoms with E-state index in [1.165, 1.54) is 12.8 Å². The Kier molecular flexibility index (Phi) is 5.15. The Bertz CT molecular complexity index is 228. The van der Waals surface area contributed by atoms with Crippen LogP contribution in [0.4, 0.5) is 0 Å². The molecular formula is C10H20N2OS. The lowest BCUT2D eigenvalue weighted by Crippen LogP contribution is -2.29. The van der Waals surface area contributed by atoms with E-state index in [0.717, 1.165) is 31.8 Å². The molecule has 0 aliphatic carbocycles. The molecule has 14 heavy (non-hydrogen) atoms. The molecule has 82 valence electrons. The van der Waals surface area contributed by atoms with Crippen LogP contribution < -0.4 is 5.32 Å². The van der Waals surface area contributed by atoms with Gasteiger partial charge in [-0.3, -0.25) is 9.20 Å². The Labute approximate surface area is 88.8 Å². The lowest BCUT2D eigenvalue weighted by atomic mass is 10.2. The summed E-state index contributed by atoms with van der Waals surface area (Å²) >= 11 is 0. The molecule has 1 N–H and O–H groups in total. The average molecular weight is 216 g/mol. The molecule has 2 unspecified atom stereocenters. The van der Waals surface area contributed by atoms with E-state index in [4.69, 9.17) is 0 Å². The molecule has 0 fully saturated rings. The van der Waals surface area contributed by atoms with Crippen LogP contribution in [0.1, 0.15) is 32.6 Å². The van der Waals surface area contributed by atoms with Crippen LogP contribution in [0, 0.1) is 0 Å². The van der Waals surface area contributed by atoms with E-state index >= 15 is 0 Å². The van der Waals surface area contributed by atoms with E-state index in [9.17, 15) is 4.21 Å². The van der Waals surface area contributed by atoms with Crippen molar-refractivity contribution >= 4 is 16.6 Å². The van der Waals surface area contributed by atoms with E-state index < -0.39 is 10.8 Å². The van der Waals surface area contributed by atoms with Crippen molar-refractivity contribution in [1.82, 2.24) is 5.32 Å². The van der Waals surface area contributed by atoms with Crippen molar-refractivity contribution in [1.29, 1.82) is 0 Å². The fourth-order valence-corrected chi connectivity index (χ4v) is 1.88. The minimum atomic E-state index is -0.697. The lowest BCUT2D eigenvalue weighted by molar-refractivity contribution is 0.659. The molecule has 0 spiro atoms. The van der Waals surface area contributed by atoms with Gasteiger partial charge in [0.1, 0.15) is 0 Å². The van der Waals surface area contributed by atoms with Gasteiger partial charge < -0.3 is 5.32 Å². The van der Waals surface area contributed by atoms with Gasteiger partial charge in [-0.25, -0.2) is 0 Å². The summed E-state index contributed by atoms with van der Waals surface area (Å²) in [5.41, 5.74) is 0. The maximum absolute atomic E-state index is 11.1. The Morgan fingerprint density at radius 2 is 2.36 bits per heavy atom. The largest absolute Gasteiger partial charge is 0.374 e. The first kappa shape index (κ1) is 11.7. The summed E-state index contributed by atoms with van der Waals surface area (Å²) in [4.78, 5) is 4.40. The van der Waals surface area contributed by atoms with Gasteiger partial charge in [-0.05, 0) is 19.3 Å². The van der Waals surface area contributed by atoms with Crippen LogP contribution in [0.3, 0.4) is 0 Å². The Morgan fingerprint density at radius 3 is 2.93 bits per heavy atom. The fourth-order valence-electron chi connectivity index (χ4n) is 1.43. The first-order valence-corrected chi connectivity index (χ1v) is 6.91. The molecule has 3 nitrogen and oxygen atoms in total. The van der Waals surface area contributed by atoms with Crippen molar-refractivity contribution in [3.05, 3.63) is 0 Å². The molecule has 0 radical (unpaired) electrons. The quantitative estimate of drug-likeness (QED) is 0.770. The Morgan fingerprint density at radius 1 is 1.57 bits per heavy atom. The fraction of sp³-hybridized carbons (Fsp3) is 0.900. The van der Waals surface area contributed by atoms with Gasteiger partial charge in [0.05, 0.1) is 5.84 Å². The highest BCUT2D eigenvalue weighted by atomic mass is 32.2. The molecule has 0 saturated heterocycles. The van der Waals surface area contributed by atoms with Gasteiger partial charge in [-0.1, -0.05) is 6.92 Å². The van der Waals surface area contributed by atoms with Gasteiger partial charge in [0.2, 0.25) is 0 Å². The van der Waals surface area contributed by atoms with Crippen LogP contribution in [-0.4, -0.2) is 34.6 Å². The summed E-state index contributed by atoms with van der Waals surface area (Å²) in [5, 5.41) is 3.61. The number of aliphatic imine (C=N–C) groups is 1. The number of rotatable bonds is 4. The number of nitrogens with one attached hydrogen (secondary N) is 1. The second-order valence-electron chi connectivity index (χ2n) is 3.81. The third kappa shape index (κ3) is 4.22. The zero-order chi connectivity index (χ0) is 10.4. The molecule has 0 saturated carbocycles. The van der Waals surface area contributed by atoms with Crippen LogP contribution in [0.2, 0.25) is 0 Å². The van der Waals surface area contributed by atoms with Crippen molar-refractivity contribution in [2.45, 2.75) is 37.9 Å². The molecule has 0 amide bonds. The summed E-state index contributed by atoms with van der Waals surface area (Å²) in [7, 11) is -0.697. The minimum Gasteiger partial charge on any atom is -0.374 e. The average Bonchev–Trinajstić information content (AvgIpc) is 2.19. The number of nitrogens with zero attached hydrogens (tertiary/aromatic N) is 1. The zero-order valence-electron chi connectivity index (χ0n) is 9.08. The molecule has 0 aromatic heterocycles. The molecule has 1 aliphatic heterocycles. The normalized spacial score (nSPS) is 21.1. The summed E-state index contributed by atoms with van der Waals surface area (Å²) in [5.74, 6) is 1.14. The van der Waals surface area contributed by atoms with E-state index in [1.54, 1.807) is 6.26 Å². The first-order chi connectivity index (χ1) is 6.70. The molecule has 1 heterocycles. The molecule has 1 rings (SSSR count). The summed E-state index contributed by atoms with van der Waals surface area (Å²) in [6, 6.07) is 0. The topological polar surface area (TPSA) is 41.5 Å². The molecule has 0 bridgehead atoms. The van der Waals surface area contributed by atoms with Crippen LogP contribution in [0.25, 0.3) is 0 Å². The van der Waals surface area contributed by atoms with Crippen molar-refractivity contribution in [2.24, 2.45) is 4.99 Å². The minimum absolute atomic E-state index is 0.284. The van der Waals surface area contributed by atoms with E-state index in [-0.39, 0.29) is 5.25 Å². The lowest BCUT2D eigenvalue weighted by Gasteiger charge is -2.15. The Hall–Kier alpha value is -0.380. The van der Waals surface area contributed by atoms with Crippen LogP contribution in [0.5, 0.6) is 0 Å². The van der Waals surface area contributed by atoms with Crippen molar-refractivity contribution in [3.63, 3.8) is 0 Å². The van der Waals surface area contributed by atoms with Gasteiger partial charge in [-0.15, -0.1) is 0 Å².